The molecule has 0 heterocycles. The van der Waals surface area contributed by atoms with Gasteiger partial charge in [-0.15, -0.1) is 0 Å². The lowest BCUT2D eigenvalue weighted by Gasteiger charge is -2.13. The number of hydrogen-bond acceptors (Lipinski definition) is 6. The van der Waals surface area contributed by atoms with Crippen LogP contribution in [0.25, 0.3) is 0 Å². The minimum atomic E-state index is -1.77. The fourth-order valence-corrected chi connectivity index (χ4v) is 2.27. The molecule has 1 atom stereocenters. The van der Waals surface area contributed by atoms with Crippen LogP contribution in [0.4, 0.5) is 0 Å². The first kappa shape index (κ1) is 20.4. The predicted molar refractivity (Wildman–Crippen MR) is 95.3 cm³/mol. The lowest BCUT2D eigenvalue weighted by molar-refractivity contribution is -0.152. The van der Waals surface area contributed by atoms with Crippen LogP contribution in [0.15, 0.2) is 48.5 Å². The van der Waals surface area contributed by atoms with Crippen molar-refractivity contribution in [2.45, 2.75) is 12.5 Å². The van der Waals surface area contributed by atoms with Crippen molar-refractivity contribution < 1.29 is 38.9 Å². The molecule has 0 saturated heterocycles. The van der Waals surface area contributed by atoms with E-state index < -0.39 is 29.9 Å². The third-order valence-electron chi connectivity index (χ3n) is 3.68. The molecular formula is C19H17NO8. The number of esters is 1. The van der Waals surface area contributed by atoms with Gasteiger partial charge >= 0.3 is 23.8 Å². The first-order valence-corrected chi connectivity index (χ1v) is 8.02. The van der Waals surface area contributed by atoms with Gasteiger partial charge in [-0.2, -0.15) is 0 Å². The summed E-state index contributed by atoms with van der Waals surface area (Å²) in [5.41, 5.74) is 0.796. The first-order chi connectivity index (χ1) is 13.3. The molecule has 0 fully saturated rings. The van der Waals surface area contributed by atoms with E-state index >= 15 is 0 Å². The molecule has 0 aliphatic heterocycles. The summed E-state index contributed by atoms with van der Waals surface area (Å²) in [5.74, 6) is -4.40. The average Bonchev–Trinajstić information content (AvgIpc) is 2.68. The van der Waals surface area contributed by atoms with Crippen LogP contribution in [0, 0.1) is 0 Å². The van der Waals surface area contributed by atoms with Gasteiger partial charge in [-0.05, 0) is 35.9 Å². The van der Waals surface area contributed by atoms with Crippen LogP contribution >= 0.6 is 0 Å². The topological polar surface area (TPSA) is 139 Å². The Balaban J connectivity index is 2.03. The molecule has 0 aromatic heterocycles. The summed E-state index contributed by atoms with van der Waals surface area (Å²) in [6, 6.07) is 11.0. The number of nitrogens with one attached hydrogen (secondary N) is 1. The second-order valence-electron chi connectivity index (χ2n) is 5.64. The van der Waals surface area contributed by atoms with Gasteiger partial charge in [0.25, 0.3) is 0 Å². The van der Waals surface area contributed by atoms with Crippen molar-refractivity contribution in [3.05, 3.63) is 59.7 Å². The molecule has 1 amide bonds. The molecule has 2 aromatic rings. The molecule has 0 aliphatic rings. The average molecular weight is 387 g/mol. The Morgan fingerprint density at radius 2 is 1.68 bits per heavy atom. The van der Waals surface area contributed by atoms with Crippen LogP contribution < -0.4 is 14.8 Å². The Labute approximate surface area is 159 Å². The molecule has 0 aliphatic carbocycles. The number of methoxy groups -OCH3 is 1. The van der Waals surface area contributed by atoms with Crippen LogP contribution in [0.3, 0.4) is 0 Å². The molecule has 9 nitrogen and oxygen atoms in total. The summed E-state index contributed by atoms with van der Waals surface area (Å²) in [5, 5.41) is 19.6. The zero-order valence-electron chi connectivity index (χ0n) is 14.7. The molecule has 2 rings (SSSR count). The van der Waals surface area contributed by atoms with Crippen molar-refractivity contribution in [2.75, 3.05) is 7.11 Å². The number of hydrogen-bond donors (Lipinski definition) is 3. The fraction of sp³-hybridized carbons (Fsp3) is 0.158. The highest BCUT2D eigenvalue weighted by molar-refractivity contribution is 6.31. The lowest BCUT2D eigenvalue weighted by atomic mass is 10.1. The Morgan fingerprint density at radius 3 is 2.25 bits per heavy atom. The maximum atomic E-state index is 12.2. The second kappa shape index (κ2) is 9.17. The van der Waals surface area contributed by atoms with Gasteiger partial charge in [-0.3, -0.25) is 4.79 Å². The van der Waals surface area contributed by atoms with E-state index in [2.05, 4.69) is 0 Å². The molecule has 0 spiro atoms. The number of rotatable bonds is 7. The molecule has 28 heavy (non-hydrogen) atoms. The SMILES string of the molecule is COc1cccc(C(=O)Oc2ccc(CC(NC(=O)C(=O)O)C(=O)O)cc2)c1. The number of ether oxygens (including phenoxy) is 2. The minimum Gasteiger partial charge on any atom is -0.497 e. The highest BCUT2D eigenvalue weighted by atomic mass is 16.5. The van der Waals surface area contributed by atoms with Gasteiger partial charge in [0.1, 0.15) is 17.5 Å². The monoisotopic (exact) mass is 387 g/mol. The van der Waals surface area contributed by atoms with Gasteiger partial charge in [0.2, 0.25) is 0 Å². The third kappa shape index (κ3) is 5.56. The quantitative estimate of drug-likeness (QED) is 0.365. The molecule has 0 bridgehead atoms. The number of benzene rings is 2. The Morgan fingerprint density at radius 1 is 1.00 bits per heavy atom. The van der Waals surface area contributed by atoms with E-state index in [-0.39, 0.29) is 12.2 Å². The number of amides is 1. The third-order valence-corrected chi connectivity index (χ3v) is 3.68. The summed E-state index contributed by atoms with van der Waals surface area (Å²) in [4.78, 5) is 45.1. The Kier molecular flexibility index (Phi) is 6.69. The van der Waals surface area contributed by atoms with E-state index in [0.717, 1.165) is 0 Å². The van der Waals surface area contributed by atoms with Crippen molar-refractivity contribution >= 4 is 23.8 Å². The second-order valence-corrected chi connectivity index (χ2v) is 5.64. The lowest BCUT2D eigenvalue weighted by Crippen LogP contribution is -2.45. The van der Waals surface area contributed by atoms with Crippen molar-refractivity contribution in [2.24, 2.45) is 0 Å². The van der Waals surface area contributed by atoms with Gasteiger partial charge in [0.15, 0.2) is 0 Å². The fourth-order valence-electron chi connectivity index (χ4n) is 2.27. The number of carbonyl (C=O) groups is 4. The number of carboxylic acid groups (broad SMARTS) is 2. The van der Waals surface area contributed by atoms with E-state index in [0.29, 0.717) is 16.9 Å². The maximum Gasteiger partial charge on any atom is 0.394 e. The highest BCUT2D eigenvalue weighted by Crippen LogP contribution is 2.18. The van der Waals surface area contributed by atoms with Gasteiger partial charge in [-0.1, -0.05) is 18.2 Å². The van der Waals surface area contributed by atoms with Crippen LogP contribution in [-0.4, -0.2) is 47.2 Å². The van der Waals surface area contributed by atoms with Crippen molar-refractivity contribution in [3.8, 4) is 11.5 Å². The zero-order chi connectivity index (χ0) is 20.7. The molecular weight excluding hydrogens is 370 g/mol. The summed E-state index contributed by atoms with van der Waals surface area (Å²) in [6.45, 7) is 0. The molecule has 0 saturated carbocycles. The summed E-state index contributed by atoms with van der Waals surface area (Å²) < 4.78 is 10.3. The Bertz CT molecular complexity index is 891. The molecule has 9 heteroatoms. The van der Waals surface area contributed by atoms with Crippen LogP contribution in [-0.2, 0) is 20.8 Å². The van der Waals surface area contributed by atoms with Crippen LogP contribution in [0.5, 0.6) is 11.5 Å². The molecule has 146 valence electrons. The standard InChI is InChI=1S/C19H17NO8/c1-27-14-4-2-3-12(10-14)19(26)28-13-7-5-11(6-8-13)9-15(17(22)23)20-16(21)18(24)25/h2-8,10,15H,9H2,1H3,(H,20,21)(H,22,23)(H,24,25). The van der Waals surface area contributed by atoms with Crippen molar-refractivity contribution in [3.63, 3.8) is 0 Å². The van der Waals surface area contributed by atoms with E-state index in [1.54, 1.807) is 18.2 Å². The highest BCUT2D eigenvalue weighted by Gasteiger charge is 2.23. The largest absolute Gasteiger partial charge is 0.497 e. The normalized spacial score (nSPS) is 11.2. The Hall–Kier alpha value is -3.88. The molecule has 3 N–H and O–H groups in total. The van der Waals surface area contributed by atoms with E-state index in [1.165, 1.54) is 37.4 Å². The van der Waals surface area contributed by atoms with Gasteiger partial charge in [0.05, 0.1) is 12.7 Å². The number of aliphatic carboxylic acids is 2. The van der Waals surface area contributed by atoms with Gasteiger partial charge in [0, 0.05) is 6.42 Å². The summed E-state index contributed by atoms with van der Waals surface area (Å²) in [6.07, 6.45) is -0.140. The van der Waals surface area contributed by atoms with Crippen molar-refractivity contribution in [1.82, 2.24) is 5.32 Å². The van der Waals surface area contributed by atoms with Crippen molar-refractivity contribution in [1.29, 1.82) is 0 Å². The minimum absolute atomic E-state index is 0.140. The molecule has 0 radical (unpaired) electrons. The smallest absolute Gasteiger partial charge is 0.394 e. The first-order valence-electron chi connectivity index (χ1n) is 8.02. The van der Waals surface area contributed by atoms with Gasteiger partial charge < -0.3 is 25.0 Å². The molecule has 1 unspecified atom stereocenters. The number of carboxylic acids is 2. The van der Waals surface area contributed by atoms with E-state index in [1.807, 2.05) is 5.32 Å². The summed E-state index contributed by atoms with van der Waals surface area (Å²) >= 11 is 0. The van der Waals surface area contributed by atoms with E-state index in [9.17, 15) is 19.2 Å². The molecule has 2 aromatic carbocycles. The van der Waals surface area contributed by atoms with Gasteiger partial charge in [-0.25, -0.2) is 14.4 Å². The van der Waals surface area contributed by atoms with E-state index in [4.69, 9.17) is 19.7 Å². The van der Waals surface area contributed by atoms with Crippen LogP contribution in [0.2, 0.25) is 0 Å². The zero-order valence-corrected chi connectivity index (χ0v) is 14.7. The number of carbonyl (C=O) groups excluding carboxylic acids is 2. The summed E-state index contributed by atoms with van der Waals surface area (Å²) in [7, 11) is 1.48. The predicted octanol–water partition coefficient (Wildman–Crippen LogP) is 1.11. The van der Waals surface area contributed by atoms with Crippen LogP contribution in [0.1, 0.15) is 15.9 Å². The maximum absolute atomic E-state index is 12.2.